The lowest BCUT2D eigenvalue weighted by molar-refractivity contribution is 0.146. The molecule has 0 saturated carbocycles. The average molecular weight is 214 g/mol. The second-order valence-electron chi connectivity index (χ2n) is 3.65. The van der Waals surface area contributed by atoms with E-state index in [1.807, 2.05) is 11.7 Å². The first-order valence-corrected chi connectivity index (χ1v) is 5.71. The molecule has 4 heteroatoms. The Balaban J connectivity index is 2.33. The number of ether oxygens (including phenoxy) is 1. The van der Waals surface area contributed by atoms with E-state index in [4.69, 9.17) is 4.74 Å². The van der Waals surface area contributed by atoms with Gasteiger partial charge in [-0.1, -0.05) is 13.8 Å². The average Bonchev–Trinajstić information content (AvgIpc) is 2.64. The van der Waals surface area contributed by atoms with Gasteiger partial charge in [0.2, 0.25) is 0 Å². The Morgan fingerprint density at radius 1 is 1.57 bits per heavy atom. The molecule has 80 valence electrons. The molecule has 1 N–H and O–H groups in total. The Kier molecular flexibility index (Phi) is 5.07. The zero-order valence-electron chi connectivity index (χ0n) is 8.99. The molecule has 1 atom stereocenters. The van der Waals surface area contributed by atoms with Gasteiger partial charge in [-0.3, -0.25) is 4.98 Å². The van der Waals surface area contributed by atoms with Gasteiger partial charge in [0, 0.05) is 30.8 Å². The van der Waals surface area contributed by atoms with Crippen molar-refractivity contribution in [3.63, 3.8) is 0 Å². The van der Waals surface area contributed by atoms with Gasteiger partial charge in [-0.2, -0.15) is 0 Å². The summed E-state index contributed by atoms with van der Waals surface area (Å²) in [5.74, 6) is 0.586. The van der Waals surface area contributed by atoms with Crippen LogP contribution in [-0.4, -0.2) is 24.7 Å². The Bertz CT molecular complexity index is 236. The Morgan fingerprint density at radius 3 is 2.86 bits per heavy atom. The summed E-state index contributed by atoms with van der Waals surface area (Å²) < 4.78 is 5.16. The minimum Gasteiger partial charge on any atom is -0.383 e. The van der Waals surface area contributed by atoms with E-state index >= 15 is 0 Å². The number of nitrogens with zero attached hydrogens (tertiary/aromatic N) is 1. The van der Waals surface area contributed by atoms with Crippen LogP contribution in [0.5, 0.6) is 0 Å². The second kappa shape index (κ2) is 6.11. The first kappa shape index (κ1) is 11.6. The maximum absolute atomic E-state index is 5.16. The Morgan fingerprint density at radius 2 is 2.36 bits per heavy atom. The molecule has 0 aliphatic rings. The van der Waals surface area contributed by atoms with Gasteiger partial charge in [0.15, 0.2) is 0 Å². The monoisotopic (exact) mass is 214 g/mol. The fourth-order valence-corrected chi connectivity index (χ4v) is 1.77. The predicted octanol–water partition coefficient (Wildman–Crippen LogP) is 1.90. The fraction of sp³-hybridized carbons (Fsp3) is 0.700. The number of aromatic nitrogens is 1. The van der Waals surface area contributed by atoms with Crippen LogP contribution in [0.4, 0.5) is 0 Å². The van der Waals surface area contributed by atoms with Crippen molar-refractivity contribution in [3.05, 3.63) is 16.6 Å². The summed E-state index contributed by atoms with van der Waals surface area (Å²) in [5, 5.41) is 3.47. The molecule has 14 heavy (non-hydrogen) atoms. The van der Waals surface area contributed by atoms with Crippen LogP contribution in [0.3, 0.4) is 0 Å². The van der Waals surface area contributed by atoms with Crippen LogP contribution in [0.2, 0.25) is 0 Å². The van der Waals surface area contributed by atoms with Crippen molar-refractivity contribution < 1.29 is 4.74 Å². The van der Waals surface area contributed by atoms with Crippen molar-refractivity contribution in [2.24, 2.45) is 5.92 Å². The van der Waals surface area contributed by atoms with Crippen LogP contribution < -0.4 is 5.32 Å². The molecule has 1 unspecified atom stereocenters. The zero-order chi connectivity index (χ0) is 10.4. The summed E-state index contributed by atoms with van der Waals surface area (Å²) >= 11 is 1.68. The lowest BCUT2D eigenvalue weighted by Crippen LogP contribution is -2.37. The second-order valence-corrected chi connectivity index (χ2v) is 4.63. The van der Waals surface area contributed by atoms with Gasteiger partial charge in [0.25, 0.3) is 0 Å². The summed E-state index contributed by atoms with van der Waals surface area (Å²) in [6.45, 7) is 6.04. The van der Waals surface area contributed by atoms with Crippen LogP contribution in [-0.2, 0) is 11.3 Å². The van der Waals surface area contributed by atoms with Crippen molar-refractivity contribution in [3.8, 4) is 0 Å². The molecule has 1 aromatic rings. The summed E-state index contributed by atoms with van der Waals surface area (Å²) in [7, 11) is 1.74. The summed E-state index contributed by atoms with van der Waals surface area (Å²) in [5.41, 5.74) is 1.86. The molecule has 0 fully saturated rings. The fourth-order valence-electron chi connectivity index (χ4n) is 1.23. The van der Waals surface area contributed by atoms with E-state index in [9.17, 15) is 0 Å². The highest BCUT2D eigenvalue weighted by molar-refractivity contribution is 7.09. The quantitative estimate of drug-likeness (QED) is 0.785. The van der Waals surface area contributed by atoms with E-state index in [-0.39, 0.29) is 0 Å². The van der Waals surface area contributed by atoms with Gasteiger partial charge in [0.05, 0.1) is 12.1 Å². The number of thiazole rings is 1. The van der Waals surface area contributed by atoms with Crippen LogP contribution in [0.15, 0.2) is 11.7 Å². The van der Waals surface area contributed by atoms with Crippen molar-refractivity contribution in [2.45, 2.75) is 26.4 Å². The lowest BCUT2D eigenvalue weighted by atomic mass is 10.1. The van der Waals surface area contributed by atoms with Gasteiger partial charge in [-0.15, -0.1) is 11.3 Å². The van der Waals surface area contributed by atoms with Crippen LogP contribution in [0.25, 0.3) is 0 Å². The zero-order valence-corrected chi connectivity index (χ0v) is 9.80. The molecule has 0 saturated heterocycles. The van der Waals surface area contributed by atoms with Crippen molar-refractivity contribution in [1.29, 1.82) is 0 Å². The predicted molar refractivity (Wildman–Crippen MR) is 59.5 cm³/mol. The molecule has 0 spiro atoms. The summed E-state index contributed by atoms with van der Waals surface area (Å²) in [4.78, 5) is 5.31. The molecule has 0 aliphatic heterocycles. The molecule has 0 amide bonds. The molecular formula is C10H18N2OS. The number of rotatable bonds is 6. The van der Waals surface area contributed by atoms with Crippen molar-refractivity contribution >= 4 is 11.3 Å². The standard InChI is InChI=1S/C10H18N2OS/c1-8(2)10(6-13-3)12-5-9-4-11-7-14-9/h4,7-8,10,12H,5-6H2,1-3H3. The third-order valence-corrected chi connectivity index (χ3v) is 2.95. The largest absolute Gasteiger partial charge is 0.383 e. The highest BCUT2D eigenvalue weighted by Crippen LogP contribution is 2.07. The minimum absolute atomic E-state index is 0.419. The van der Waals surface area contributed by atoms with Crippen molar-refractivity contribution in [2.75, 3.05) is 13.7 Å². The van der Waals surface area contributed by atoms with E-state index in [1.54, 1.807) is 18.4 Å². The number of methoxy groups -OCH3 is 1. The third kappa shape index (κ3) is 3.74. The third-order valence-electron chi connectivity index (χ3n) is 2.17. The molecule has 3 nitrogen and oxygen atoms in total. The Hall–Kier alpha value is -0.450. The summed E-state index contributed by atoms with van der Waals surface area (Å²) in [6.07, 6.45) is 1.90. The highest BCUT2D eigenvalue weighted by atomic mass is 32.1. The SMILES string of the molecule is COCC(NCc1cncs1)C(C)C. The number of hydrogen-bond donors (Lipinski definition) is 1. The van der Waals surface area contributed by atoms with Gasteiger partial charge >= 0.3 is 0 Å². The Labute approximate surface area is 89.5 Å². The number of hydrogen-bond acceptors (Lipinski definition) is 4. The van der Waals surface area contributed by atoms with Crippen LogP contribution in [0.1, 0.15) is 18.7 Å². The van der Waals surface area contributed by atoms with Crippen LogP contribution >= 0.6 is 11.3 Å². The topological polar surface area (TPSA) is 34.1 Å². The van der Waals surface area contributed by atoms with Gasteiger partial charge in [-0.05, 0) is 5.92 Å². The molecule has 0 aromatic carbocycles. The van der Waals surface area contributed by atoms with E-state index in [2.05, 4.69) is 24.1 Å². The molecule has 0 aliphatic carbocycles. The molecule has 1 aromatic heterocycles. The lowest BCUT2D eigenvalue weighted by Gasteiger charge is -2.20. The van der Waals surface area contributed by atoms with E-state index < -0.39 is 0 Å². The molecule has 1 rings (SSSR count). The first-order chi connectivity index (χ1) is 6.74. The van der Waals surface area contributed by atoms with E-state index in [0.717, 1.165) is 13.2 Å². The smallest absolute Gasteiger partial charge is 0.0794 e. The van der Waals surface area contributed by atoms with E-state index in [1.165, 1.54) is 4.88 Å². The molecule has 0 radical (unpaired) electrons. The van der Waals surface area contributed by atoms with Crippen molar-refractivity contribution in [1.82, 2.24) is 10.3 Å². The summed E-state index contributed by atoms with van der Waals surface area (Å²) in [6, 6.07) is 0.419. The highest BCUT2D eigenvalue weighted by Gasteiger charge is 2.12. The maximum atomic E-state index is 5.16. The van der Waals surface area contributed by atoms with Gasteiger partial charge in [0.1, 0.15) is 0 Å². The normalized spacial score (nSPS) is 13.4. The maximum Gasteiger partial charge on any atom is 0.0794 e. The molecular weight excluding hydrogens is 196 g/mol. The molecule has 1 heterocycles. The first-order valence-electron chi connectivity index (χ1n) is 4.83. The van der Waals surface area contributed by atoms with Gasteiger partial charge < -0.3 is 10.1 Å². The minimum atomic E-state index is 0.419. The number of nitrogens with one attached hydrogen (secondary N) is 1. The van der Waals surface area contributed by atoms with E-state index in [0.29, 0.717) is 12.0 Å². The van der Waals surface area contributed by atoms with Crippen LogP contribution in [0, 0.1) is 5.92 Å². The molecule has 0 bridgehead atoms. The van der Waals surface area contributed by atoms with Gasteiger partial charge in [-0.25, -0.2) is 0 Å².